The highest BCUT2D eigenvalue weighted by Gasteiger charge is 2.27. The smallest absolute Gasteiger partial charge is 0.387 e. The van der Waals surface area contributed by atoms with Crippen LogP contribution in [0.3, 0.4) is 0 Å². The Morgan fingerprint density at radius 3 is 1.64 bits per heavy atom. The van der Waals surface area contributed by atoms with Crippen LogP contribution in [-0.2, 0) is 18.4 Å². The van der Waals surface area contributed by atoms with Crippen molar-refractivity contribution >= 4 is 13.7 Å². The number of hydrogen-bond acceptors (Lipinski definition) is 5. The molecule has 3 atom stereocenters. The van der Waals surface area contributed by atoms with Gasteiger partial charge < -0.3 is 19.8 Å². The molecule has 0 aliphatic carbocycles. The van der Waals surface area contributed by atoms with Crippen molar-refractivity contribution in [3.63, 3.8) is 0 Å². The van der Waals surface area contributed by atoms with E-state index >= 15 is 0 Å². The number of phosphoric acid groups is 1. The van der Waals surface area contributed by atoms with Gasteiger partial charge in [0.2, 0.25) is 5.91 Å². The number of phosphoric ester groups is 1. The number of carbonyl (C=O) groups excluding carboxylic acids is 1. The number of nitrogens with one attached hydrogen (secondary N) is 1. The number of nitrogens with zero attached hydrogens (tertiary/aromatic N) is 1. The Balaban J connectivity index is 4.51. The van der Waals surface area contributed by atoms with Crippen molar-refractivity contribution in [2.75, 3.05) is 40.9 Å². The molecule has 9 heteroatoms. The highest BCUT2D eigenvalue weighted by Crippen LogP contribution is 2.43. The summed E-state index contributed by atoms with van der Waals surface area (Å²) < 4.78 is 23.4. The normalized spacial score (nSPS) is 15.0. The molecule has 8 nitrogen and oxygen atoms in total. The molecule has 0 aliphatic rings. The monoisotopic (exact) mass is 688 g/mol. The molecule has 0 bridgehead atoms. The minimum Gasteiger partial charge on any atom is -0.387 e. The largest absolute Gasteiger partial charge is 0.472 e. The number of quaternary nitrogens is 1. The molecule has 0 radical (unpaired) electrons. The number of rotatable bonds is 34. The van der Waals surface area contributed by atoms with E-state index in [1.54, 1.807) is 6.08 Å². The van der Waals surface area contributed by atoms with Gasteiger partial charge in [0, 0.05) is 6.42 Å². The number of aliphatic hydroxyl groups excluding tert-OH is 1. The van der Waals surface area contributed by atoms with Crippen LogP contribution in [-0.4, -0.2) is 73.4 Å². The van der Waals surface area contributed by atoms with Crippen molar-refractivity contribution in [2.45, 2.75) is 174 Å². The van der Waals surface area contributed by atoms with E-state index in [4.69, 9.17) is 9.05 Å². The predicted octanol–water partition coefficient (Wildman–Crippen LogP) is 9.80. The maximum Gasteiger partial charge on any atom is 0.472 e. The van der Waals surface area contributed by atoms with Crippen LogP contribution in [0.5, 0.6) is 0 Å². The van der Waals surface area contributed by atoms with Crippen LogP contribution < -0.4 is 5.32 Å². The van der Waals surface area contributed by atoms with Crippen molar-refractivity contribution in [1.82, 2.24) is 5.32 Å². The molecule has 1 amide bonds. The molecule has 0 aromatic carbocycles. The molecule has 0 spiro atoms. The van der Waals surface area contributed by atoms with Crippen LogP contribution >= 0.6 is 7.82 Å². The van der Waals surface area contributed by atoms with E-state index in [0.717, 1.165) is 51.4 Å². The van der Waals surface area contributed by atoms with E-state index < -0.39 is 20.0 Å². The molecule has 0 fully saturated rings. The Morgan fingerprint density at radius 1 is 0.702 bits per heavy atom. The Hall–Kier alpha value is -1.02. The van der Waals surface area contributed by atoms with E-state index in [2.05, 4.69) is 31.3 Å². The van der Waals surface area contributed by atoms with Crippen molar-refractivity contribution in [3.05, 3.63) is 24.3 Å². The van der Waals surface area contributed by atoms with Crippen LogP contribution in [0, 0.1) is 0 Å². The van der Waals surface area contributed by atoms with Crippen molar-refractivity contribution in [1.29, 1.82) is 0 Å². The third-order valence-corrected chi connectivity index (χ3v) is 9.40. The highest BCUT2D eigenvalue weighted by molar-refractivity contribution is 7.47. The zero-order chi connectivity index (χ0) is 35.1. The molecular formula is C38H76N2O6P+. The lowest BCUT2D eigenvalue weighted by molar-refractivity contribution is -0.870. The Bertz CT molecular complexity index is 829. The fourth-order valence-electron chi connectivity index (χ4n) is 5.27. The van der Waals surface area contributed by atoms with Crippen LogP contribution in [0.25, 0.3) is 0 Å². The van der Waals surface area contributed by atoms with Crippen molar-refractivity contribution in [3.8, 4) is 0 Å². The maximum atomic E-state index is 12.8. The van der Waals surface area contributed by atoms with Crippen LogP contribution in [0.2, 0.25) is 0 Å². The third-order valence-electron chi connectivity index (χ3n) is 8.42. The number of carbonyl (C=O) groups is 1. The summed E-state index contributed by atoms with van der Waals surface area (Å²) in [6, 6.07) is -0.845. The molecule has 0 saturated carbocycles. The molecule has 0 aromatic heterocycles. The molecule has 0 heterocycles. The van der Waals surface area contributed by atoms with E-state index in [1.807, 2.05) is 27.2 Å². The van der Waals surface area contributed by atoms with E-state index in [1.165, 1.54) is 89.9 Å². The van der Waals surface area contributed by atoms with Gasteiger partial charge in [-0.15, -0.1) is 0 Å². The predicted molar refractivity (Wildman–Crippen MR) is 198 cm³/mol. The average molecular weight is 688 g/mol. The molecule has 3 unspecified atom stereocenters. The highest BCUT2D eigenvalue weighted by atomic mass is 31.2. The molecule has 0 aromatic rings. The number of hydrogen-bond donors (Lipinski definition) is 3. The standard InChI is InChI=1S/C38H75N2O6P/c1-6-8-10-12-14-16-18-19-20-21-22-24-26-28-30-32-38(42)39-36(35-46-47(43,44)45-34-33-40(3,4)5)37(41)31-29-27-25-23-17-15-13-11-9-7-2/h19-20,29,31,36-37,41H,6-18,21-28,30,32-35H2,1-5H3,(H-,39,42,43,44)/p+1/b20-19-,31-29+. The summed E-state index contributed by atoms with van der Waals surface area (Å²) in [5.74, 6) is -0.189. The molecule has 0 rings (SSSR count). The van der Waals surface area contributed by atoms with Crippen LogP contribution in [0.4, 0.5) is 0 Å². The second kappa shape index (κ2) is 31.0. The van der Waals surface area contributed by atoms with E-state index in [9.17, 15) is 19.4 Å². The lowest BCUT2D eigenvalue weighted by Crippen LogP contribution is -2.45. The summed E-state index contributed by atoms with van der Waals surface area (Å²) in [7, 11) is 1.56. The van der Waals surface area contributed by atoms with Gasteiger partial charge in [0.1, 0.15) is 13.2 Å². The summed E-state index contributed by atoms with van der Waals surface area (Å²) in [6.07, 6.45) is 33.8. The third kappa shape index (κ3) is 33.3. The quantitative estimate of drug-likeness (QED) is 0.0269. The first-order chi connectivity index (χ1) is 22.5. The van der Waals surface area contributed by atoms with Gasteiger partial charge in [-0.25, -0.2) is 4.57 Å². The number of aliphatic hydroxyl groups is 1. The van der Waals surface area contributed by atoms with Gasteiger partial charge in [-0.3, -0.25) is 13.8 Å². The van der Waals surface area contributed by atoms with Gasteiger partial charge in [-0.2, -0.15) is 0 Å². The molecule has 47 heavy (non-hydrogen) atoms. The Morgan fingerprint density at radius 2 is 1.15 bits per heavy atom. The second-order valence-electron chi connectivity index (χ2n) is 14.3. The van der Waals surface area contributed by atoms with Gasteiger partial charge in [-0.05, 0) is 44.9 Å². The SMILES string of the molecule is CCCCCCCC/C=C\CCCCCCCC(=O)NC(COP(=O)(O)OCC[N+](C)(C)C)C(O)/C=C/CCCCCCCCCC. The minimum absolute atomic E-state index is 0.0604. The van der Waals surface area contributed by atoms with Crippen molar-refractivity contribution < 1.29 is 32.9 Å². The fourth-order valence-corrected chi connectivity index (χ4v) is 6.00. The molecule has 0 saturated heterocycles. The zero-order valence-corrected chi connectivity index (χ0v) is 32.2. The number of allylic oxidation sites excluding steroid dienone is 3. The topological polar surface area (TPSA) is 105 Å². The van der Waals surface area contributed by atoms with Gasteiger partial charge in [0.15, 0.2) is 0 Å². The minimum atomic E-state index is -4.33. The van der Waals surface area contributed by atoms with Gasteiger partial charge >= 0.3 is 7.82 Å². The Kier molecular flexibility index (Phi) is 30.3. The van der Waals surface area contributed by atoms with Crippen molar-refractivity contribution in [2.24, 2.45) is 0 Å². The molecule has 0 aliphatic heterocycles. The first-order valence-electron chi connectivity index (χ1n) is 19.2. The maximum absolute atomic E-state index is 12.8. The summed E-state index contributed by atoms with van der Waals surface area (Å²) >= 11 is 0. The van der Waals surface area contributed by atoms with Gasteiger partial charge in [0.25, 0.3) is 0 Å². The summed E-state index contributed by atoms with van der Waals surface area (Å²) in [6.45, 7) is 4.76. The summed E-state index contributed by atoms with van der Waals surface area (Å²) in [5.41, 5.74) is 0. The summed E-state index contributed by atoms with van der Waals surface area (Å²) in [5, 5.41) is 13.7. The zero-order valence-electron chi connectivity index (χ0n) is 31.3. The van der Waals surface area contributed by atoms with Crippen LogP contribution in [0.15, 0.2) is 24.3 Å². The number of amides is 1. The Labute approximate surface area is 290 Å². The average Bonchev–Trinajstić information content (AvgIpc) is 3.01. The first kappa shape index (κ1) is 46.0. The number of likely N-dealkylation sites (N-methyl/N-ethyl adjacent to an activating group) is 1. The lowest BCUT2D eigenvalue weighted by Gasteiger charge is -2.25. The molecular weight excluding hydrogens is 611 g/mol. The number of unbranched alkanes of at least 4 members (excludes halogenated alkanes) is 19. The summed E-state index contributed by atoms with van der Waals surface area (Å²) in [4.78, 5) is 22.9. The first-order valence-corrected chi connectivity index (χ1v) is 20.7. The molecule has 278 valence electrons. The van der Waals surface area contributed by atoms with E-state index in [-0.39, 0.29) is 19.1 Å². The fraction of sp³-hybridized carbons (Fsp3) is 0.868. The van der Waals surface area contributed by atoms with Gasteiger partial charge in [-0.1, -0.05) is 134 Å². The lowest BCUT2D eigenvalue weighted by atomic mass is 10.1. The molecule has 3 N–H and O–H groups in total. The van der Waals surface area contributed by atoms with E-state index in [0.29, 0.717) is 17.4 Å². The van der Waals surface area contributed by atoms with Crippen LogP contribution in [0.1, 0.15) is 162 Å². The van der Waals surface area contributed by atoms with Gasteiger partial charge in [0.05, 0.1) is 39.9 Å². The second-order valence-corrected chi connectivity index (χ2v) is 15.8.